The van der Waals surface area contributed by atoms with Gasteiger partial charge in [-0.1, -0.05) is 24.3 Å². The molecule has 0 fully saturated rings. The Bertz CT molecular complexity index is 359. The van der Waals surface area contributed by atoms with Gasteiger partial charge in [0.25, 0.3) is 0 Å². The summed E-state index contributed by atoms with van der Waals surface area (Å²) in [5.74, 6) is 0.851. The standard InChI is InChI=1S/C11H10O2/c12-8-9-3-5-10(6-4-9)11-2-1-7-13-11/h1-7,12H,8H2. The highest BCUT2D eigenvalue weighted by atomic mass is 16.3. The summed E-state index contributed by atoms with van der Waals surface area (Å²) in [6.45, 7) is 0.0818. The zero-order valence-electron chi connectivity index (χ0n) is 7.10. The van der Waals surface area contributed by atoms with E-state index in [1.54, 1.807) is 6.26 Å². The molecule has 0 spiro atoms. The quantitative estimate of drug-likeness (QED) is 0.758. The van der Waals surface area contributed by atoms with E-state index in [1.165, 1.54) is 0 Å². The van der Waals surface area contributed by atoms with E-state index in [-0.39, 0.29) is 6.61 Å². The molecule has 2 aromatic rings. The van der Waals surface area contributed by atoms with E-state index in [0.29, 0.717) is 0 Å². The Hall–Kier alpha value is -1.54. The average Bonchev–Trinajstić information content (AvgIpc) is 2.71. The number of aliphatic hydroxyl groups is 1. The first kappa shape index (κ1) is 8.08. The fourth-order valence-electron chi connectivity index (χ4n) is 1.22. The normalized spacial score (nSPS) is 10.2. The molecular formula is C11H10O2. The molecule has 1 N–H and O–H groups in total. The number of aliphatic hydroxyl groups excluding tert-OH is 1. The Labute approximate surface area is 76.4 Å². The van der Waals surface area contributed by atoms with Crippen LogP contribution in [0.15, 0.2) is 47.1 Å². The van der Waals surface area contributed by atoms with Crippen LogP contribution < -0.4 is 0 Å². The smallest absolute Gasteiger partial charge is 0.133 e. The van der Waals surface area contributed by atoms with E-state index in [1.807, 2.05) is 36.4 Å². The number of hydrogen-bond donors (Lipinski definition) is 1. The number of hydrogen-bond acceptors (Lipinski definition) is 2. The Kier molecular flexibility index (Phi) is 2.15. The van der Waals surface area contributed by atoms with Gasteiger partial charge in [0.2, 0.25) is 0 Å². The minimum Gasteiger partial charge on any atom is -0.464 e. The maximum atomic E-state index is 8.84. The van der Waals surface area contributed by atoms with Crippen molar-refractivity contribution in [3.63, 3.8) is 0 Å². The topological polar surface area (TPSA) is 33.4 Å². The van der Waals surface area contributed by atoms with Crippen LogP contribution >= 0.6 is 0 Å². The van der Waals surface area contributed by atoms with Gasteiger partial charge in [0.05, 0.1) is 12.9 Å². The molecule has 1 heterocycles. The van der Waals surface area contributed by atoms with Crippen LogP contribution in [0.25, 0.3) is 11.3 Å². The molecule has 0 radical (unpaired) electrons. The van der Waals surface area contributed by atoms with Gasteiger partial charge in [-0.3, -0.25) is 0 Å². The molecule has 2 heteroatoms. The van der Waals surface area contributed by atoms with Gasteiger partial charge in [-0.2, -0.15) is 0 Å². The number of furan rings is 1. The molecule has 2 rings (SSSR count). The summed E-state index contributed by atoms with van der Waals surface area (Å²) < 4.78 is 5.23. The minimum atomic E-state index is 0.0818. The van der Waals surface area contributed by atoms with Crippen molar-refractivity contribution in [2.24, 2.45) is 0 Å². The van der Waals surface area contributed by atoms with E-state index in [4.69, 9.17) is 9.52 Å². The third-order valence-corrected chi connectivity index (χ3v) is 1.94. The van der Waals surface area contributed by atoms with Crippen LogP contribution in [0.2, 0.25) is 0 Å². The minimum absolute atomic E-state index is 0.0818. The van der Waals surface area contributed by atoms with Crippen LogP contribution in [-0.4, -0.2) is 5.11 Å². The van der Waals surface area contributed by atoms with Crippen molar-refractivity contribution in [3.8, 4) is 11.3 Å². The summed E-state index contributed by atoms with van der Waals surface area (Å²) in [6, 6.07) is 11.4. The second-order valence-electron chi connectivity index (χ2n) is 2.83. The largest absolute Gasteiger partial charge is 0.464 e. The predicted molar refractivity (Wildman–Crippen MR) is 50.1 cm³/mol. The van der Waals surface area contributed by atoms with Crippen molar-refractivity contribution in [2.45, 2.75) is 6.61 Å². The molecule has 0 saturated carbocycles. The SMILES string of the molecule is OCc1ccc(-c2ccco2)cc1. The Morgan fingerprint density at radius 1 is 1.08 bits per heavy atom. The predicted octanol–water partition coefficient (Wildman–Crippen LogP) is 2.44. The van der Waals surface area contributed by atoms with Gasteiger partial charge >= 0.3 is 0 Å². The van der Waals surface area contributed by atoms with Crippen molar-refractivity contribution in [2.75, 3.05) is 0 Å². The van der Waals surface area contributed by atoms with Crippen LogP contribution in [0.1, 0.15) is 5.56 Å². The van der Waals surface area contributed by atoms with Crippen LogP contribution in [0.4, 0.5) is 0 Å². The van der Waals surface area contributed by atoms with Gasteiger partial charge in [-0.05, 0) is 17.7 Å². The van der Waals surface area contributed by atoms with Crippen LogP contribution in [-0.2, 0) is 6.61 Å². The summed E-state index contributed by atoms with van der Waals surface area (Å²) in [4.78, 5) is 0. The van der Waals surface area contributed by atoms with Crippen LogP contribution in [0.5, 0.6) is 0 Å². The molecule has 66 valence electrons. The molecule has 1 aromatic carbocycles. The molecule has 0 bridgehead atoms. The monoisotopic (exact) mass is 174 g/mol. The zero-order chi connectivity index (χ0) is 9.10. The lowest BCUT2D eigenvalue weighted by molar-refractivity contribution is 0.282. The molecule has 0 aliphatic rings. The van der Waals surface area contributed by atoms with Gasteiger partial charge in [0, 0.05) is 5.56 Å². The van der Waals surface area contributed by atoms with Gasteiger partial charge in [-0.25, -0.2) is 0 Å². The molecule has 0 aliphatic heterocycles. The summed E-state index contributed by atoms with van der Waals surface area (Å²) in [5, 5.41) is 8.84. The maximum absolute atomic E-state index is 8.84. The van der Waals surface area contributed by atoms with Crippen LogP contribution in [0.3, 0.4) is 0 Å². The number of benzene rings is 1. The Morgan fingerprint density at radius 3 is 2.38 bits per heavy atom. The highest BCUT2D eigenvalue weighted by molar-refractivity contribution is 5.57. The number of rotatable bonds is 2. The van der Waals surface area contributed by atoms with Crippen molar-refractivity contribution in [1.82, 2.24) is 0 Å². The Morgan fingerprint density at radius 2 is 1.85 bits per heavy atom. The third kappa shape index (κ3) is 1.63. The first-order valence-electron chi connectivity index (χ1n) is 4.14. The lowest BCUT2D eigenvalue weighted by Gasteiger charge is -1.98. The van der Waals surface area contributed by atoms with Gasteiger partial charge in [0.15, 0.2) is 0 Å². The lowest BCUT2D eigenvalue weighted by atomic mass is 10.1. The second kappa shape index (κ2) is 3.46. The summed E-state index contributed by atoms with van der Waals surface area (Å²) in [7, 11) is 0. The molecule has 2 nitrogen and oxygen atoms in total. The summed E-state index contributed by atoms with van der Waals surface area (Å²) in [6.07, 6.45) is 1.65. The lowest BCUT2D eigenvalue weighted by Crippen LogP contribution is -1.81. The molecule has 0 aliphatic carbocycles. The molecular weight excluding hydrogens is 164 g/mol. The second-order valence-corrected chi connectivity index (χ2v) is 2.83. The molecule has 0 saturated heterocycles. The first-order valence-corrected chi connectivity index (χ1v) is 4.14. The third-order valence-electron chi connectivity index (χ3n) is 1.94. The average molecular weight is 174 g/mol. The fraction of sp³-hybridized carbons (Fsp3) is 0.0909. The maximum Gasteiger partial charge on any atom is 0.133 e. The fourth-order valence-corrected chi connectivity index (χ4v) is 1.22. The summed E-state index contributed by atoms with van der Waals surface area (Å²) in [5.41, 5.74) is 1.94. The molecule has 13 heavy (non-hydrogen) atoms. The highest BCUT2D eigenvalue weighted by Gasteiger charge is 1.98. The van der Waals surface area contributed by atoms with Gasteiger partial charge in [-0.15, -0.1) is 0 Å². The molecule has 0 amide bonds. The summed E-state index contributed by atoms with van der Waals surface area (Å²) >= 11 is 0. The van der Waals surface area contributed by atoms with Gasteiger partial charge in [0.1, 0.15) is 5.76 Å². The van der Waals surface area contributed by atoms with E-state index in [2.05, 4.69) is 0 Å². The van der Waals surface area contributed by atoms with Gasteiger partial charge < -0.3 is 9.52 Å². The van der Waals surface area contributed by atoms with E-state index in [9.17, 15) is 0 Å². The molecule has 0 unspecified atom stereocenters. The molecule has 1 aromatic heterocycles. The van der Waals surface area contributed by atoms with E-state index >= 15 is 0 Å². The first-order chi connectivity index (χ1) is 6.40. The van der Waals surface area contributed by atoms with E-state index in [0.717, 1.165) is 16.9 Å². The van der Waals surface area contributed by atoms with Crippen LogP contribution in [0, 0.1) is 0 Å². The Balaban J connectivity index is 2.33. The highest BCUT2D eigenvalue weighted by Crippen LogP contribution is 2.19. The van der Waals surface area contributed by atoms with Crippen molar-refractivity contribution in [1.29, 1.82) is 0 Å². The van der Waals surface area contributed by atoms with E-state index < -0.39 is 0 Å². The van der Waals surface area contributed by atoms with Crippen molar-refractivity contribution >= 4 is 0 Å². The molecule has 0 atom stereocenters. The van der Waals surface area contributed by atoms with Crippen molar-refractivity contribution < 1.29 is 9.52 Å². The zero-order valence-corrected chi connectivity index (χ0v) is 7.10. The van der Waals surface area contributed by atoms with Crippen molar-refractivity contribution in [3.05, 3.63) is 48.2 Å².